The number of aryl methyl sites for hydroxylation is 3. The van der Waals surface area contributed by atoms with E-state index in [2.05, 4.69) is 15.0 Å². The van der Waals surface area contributed by atoms with Crippen LogP contribution in [0.3, 0.4) is 0 Å². The Morgan fingerprint density at radius 2 is 1.69 bits per heavy atom. The van der Waals surface area contributed by atoms with Crippen molar-refractivity contribution in [3.05, 3.63) is 94.0 Å². The maximum Gasteiger partial charge on any atom is 0.262 e. The van der Waals surface area contributed by atoms with E-state index in [0.29, 0.717) is 33.7 Å². The molecule has 0 spiro atoms. The van der Waals surface area contributed by atoms with Crippen LogP contribution >= 0.6 is 0 Å². The highest BCUT2D eigenvalue weighted by molar-refractivity contribution is 7.92. The van der Waals surface area contributed by atoms with Gasteiger partial charge in [0.2, 0.25) is 5.91 Å². The lowest BCUT2D eigenvalue weighted by atomic mass is 10.2. The van der Waals surface area contributed by atoms with E-state index < -0.39 is 22.0 Å². The maximum atomic E-state index is 13.1. The van der Waals surface area contributed by atoms with Crippen LogP contribution in [-0.2, 0) is 14.8 Å². The summed E-state index contributed by atoms with van der Waals surface area (Å²) in [5, 5.41) is 3.16. The predicted molar refractivity (Wildman–Crippen MR) is 137 cm³/mol. The summed E-state index contributed by atoms with van der Waals surface area (Å²) in [7, 11) is -3.90. The van der Waals surface area contributed by atoms with Crippen molar-refractivity contribution in [2.75, 3.05) is 10.0 Å². The SMILES string of the molecule is Cc1cccc(NS(=O)(=O)c2cc(NC(=O)C(C)n3c(C)nc4ccccc4c3=O)ccc2C)c1. The third-order valence-electron chi connectivity index (χ3n) is 5.77. The van der Waals surface area contributed by atoms with Crippen molar-refractivity contribution in [2.45, 2.75) is 38.6 Å². The molecule has 9 heteroatoms. The first kappa shape index (κ1) is 24.2. The molecular weight excluding hydrogens is 464 g/mol. The van der Waals surface area contributed by atoms with E-state index in [-0.39, 0.29) is 10.5 Å². The molecule has 0 aliphatic rings. The van der Waals surface area contributed by atoms with Crippen LogP contribution in [0.15, 0.2) is 76.4 Å². The number of anilines is 2. The number of para-hydroxylation sites is 1. The fraction of sp³-hybridized carbons (Fsp3) is 0.192. The first-order valence-electron chi connectivity index (χ1n) is 11.1. The van der Waals surface area contributed by atoms with Gasteiger partial charge in [-0.15, -0.1) is 0 Å². The number of nitrogens with zero attached hydrogens (tertiary/aromatic N) is 2. The fourth-order valence-electron chi connectivity index (χ4n) is 3.96. The molecule has 0 fully saturated rings. The molecule has 3 aromatic carbocycles. The zero-order valence-corrected chi connectivity index (χ0v) is 20.7. The number of sulfonamides is 1. The molecule has 4 rings (SSSR count). The number of rotatable bonds is 6. The lowest BCUT2D eigenvalue weighted by Crippen LogP contribution is -2.33. The Morgan fingerprint density at radius 1 is 0.943 bits per heavy atom. The average molecular weight is 491 g/mol. The van der Waals surface area contributed by atoms with Crippen LogP contribution in [0.25, 0.3) is 10.9 Å². The number of nitrogens with one attached hydrogen (secondary N) is 2. The van der Waals surface area contributed by atoms with Crippen molar-refractivity contribution in [3.63, 3.8) is 0 Å². The molecule has 0 saturated heterocycles. The van der Waals surface area contributed by atoms with E-state index >= 15 is 0 Å². The van der Waals surface area contributed by atoms with Crippen molar-refractivity contribution < 1.29 is 13.2 Å². The summed E-state index contributed by atoms with van der Waals surface area (Å²) in [6.45, 7) is 6.83. The minimum Gasteiger partial charge on any atom is -0.324 e. The monoisotopic (exact) mass is 490 g/mol. The normalized spacial score (nSPS) is 12.3. The largest absolute Gasteiger partial charge is 0.324 e. The van der Waals surface area contributed by atoms with E-state index in [0.717, 1.165) is 5.56 Å². The topological polar surface area (TPSA) is 110 Å². The Labute approximate surface area is 203 Å². The summed E-state index contributed by atoms with van der Waals surface area (Å²) in [6, 6.07) is 17.8. The standard InChI is InChI=1S/C26H26N4O4S/c1-16-8-7-9-21(14-16)29-35(33,34)24-15-20(13-12-17(24)2)28-25(31)18(3)30-19(4)27-23-11-6-5-10-22(23)26(30)32/h5-15,18,29H,1-4H3,(H,28,31). The smallest absolute Gasteiger partial charge is 0.262 e. The number of fused-ring (bicyclic) bond motifs is 1. The van der Waals surface area contributed by atoms with E-state index in [4.69, 9.17) is 0 Å². The molecule has 0 saturated carbocycles. The first-order chi connectivity index (χ1) is 16.6. The van der Waals surface area contributed by atoms with Gasteiger partial charge in [0.1, 0.15) is 11.9 Å². The van der Waals surface area contributed by atoms with Gasteiger partial charge < -0.3 is 5.32 Å². The van der Waals surface area contributed by atoms with Crippen LogP contribution in [0.1, 0.15) is 29.9 Å². The first-order valence-corrected chi connectivity index (χ1v) is 12.5. The summed E-state index contributed by atoms with van der Waals surface area (Å²) in [4.78, 5) is 30.6. The number of carbonyl (C=O) groups excluding carboxylic acids is 1. The minimum atomic E-state index is -3.90. The Hall–Kier alpha value is -3.98. The minimum absolute atomic E-state index is 0.0465. The molecule has 180 valence electrons. The Bertz CT molecular complexity index is 1610. The second kappa shape index (κ2) is 9.34. The van der Waals surface area contributed by atoms with Gasteiger partial charge >= 0.3 is 0 Å². The van der Waals surface area contributed by atoms with Crippen molar-refractivity contribution >= 4 is 38.2 Å². The predicted octanol–water partition coefficient (Wildman–Crippen LogP) is 4.32. The molecule has 1 atom stereocenters. The summed E-state index contributed by atoms with van der Waals surface area (Å²) in [5.41, 5.74) is 2.45. The number of hydrogen-bond donors (Lipinski definition) is 2. The Morgan fingerprint density at radius 3 is 2.43 bits per heavy atom. The molecule has 1 amide bonds. The molecule has 0 bridgehead atoms. The quantitative estimate of drug-likeness (QED) is 0.418. The fourth-order valence-corrected chi connectivity index (χ4v) is 5.28. The van der Waals surface area contributed by atoms with Gasteiger partial charge in [-0.05, 0) is 75.2 Å². The maximum absolute atomic E-state index is 13.1. The zero-order chi connectivity index (χ0) is 25.3. The van der Waals surface area contributed by atoms with Crippen molar-refractivity contribution in [3.8, 4) is 0 Å². The van der Waals surface area contributed by atoms with Gasteiger partial charge in [-0.25, -0.2) is 13.4 Å². The number of amides is 1. The molecule has 1 aromatic heterocycles. The molecule has 0 aliphatic carbocycles. The van der Waals surface area contributed by atoms with Crippen LogP contribution in [0.2, 0.25) is 0 Å². The summed E-state index contributed by atoms with van der Waals surface area (Å²) in [6.07, 6.45) is 0. The molecule has 35 heavy (non-hydrogen) atoms. The number of carbonyl (C=O) groups is 1. The van der Waals surface area contributed by atoms with Crippen LogP contribution in [-0.4, -0.2) is 23.9 Å². The van der Waals surface area contributed by atoms with E-state index in [1.165, 1.54) is 10.6 Å². The van der Waals surface area contributed by atoms with Gasteiger partial charge in [-0.3, -0.25) is 18.9 Å². The van der Waals surface area contributed by atoms with Crippen molar-refractivity contribution in [1.82, 2.24) is 9.55 Å². The van der Waals surface area contributed by atoms with E-state index in [9.17, 15) is 18.0 Å². The summed E-state index contributed by atoms with van der Waals surface area (Å²) in [5.74, 6) is -0.0583. The van der Waals surface area contributed by atoms with Crippen LogP contribution in [0, 0.1) is 20.8 Å². The van der Waals surface area contributed by atoms with Crippen molar-refractivity contribution in [1.29, 1.82) is 0 Å². The van der Waals surface area contributed by atoms with Crippen LogP contribution < -0.4 is 15.6 Å². The molecule has 1 unspecified atom stereocenters. The lowest BCUT2D eigenvalue weighted by Gasteiger charge is -2.18. The van der Waals surface area contributed by atoms with Gasteiger partial charge in [0.25, 0.3) is 15.6 Å². The van der Waals surface area contributed by atoms with Gasteiger partial charge in [0.15, 0.2) is 0 Å². The molecule has 0 aliphatic heterocycles. The second-order valence-electron chi connectivity index (χ2n) is 8.47. The van der Waals surface area contributed by atoms with Gasteiger partial charge in [0, 0.05) is 11.4 Å². The highest BCUT2D eigenvalue weighted by atomic mass is 32.2. The third kappa shape index (κ3) is 4.95. The highest BCUT2D eigenvalue weighted by Crippen LogP contribution is 2.24. The number of aromatic nitrogens is 2. The number of hydrogen-bond acceptors (Lipinski definition) is 5. The average Bonchev–Trinajstić information content (AvgIpc) is 2.79. The molecule has 8 nitrogen and oxygen atoms in total. The lowest BCUT2D eigenvalue weighted by molar-refractivity contribution is -0.118. The van der Waals surface area contributed by atoms with E-state index in [1.54, 1.807) is 75.4 Å². The second-order valence-corrected chi connectivity index (χ2v) is 10.1. The Kier molecular flexibility index (Phi) is 6.45. The summed E-state index contributed by atoms with van der Waals surface area (Å²) >= 11 is 0. The highest BCUT2D eigenvalue weighted by Gasteiger charge is 2.22. The van der Waals surface area contributed by atoms with Crippen LogP contribution in [0.4, 0.5) is 11.4 Å². The Balaban J connectivity index is 1.62. The summed E-state index contributed by atoms with van der Waals surface area (Å²) < 4.78 is 30.0. The molecule has 1 heterocycles. The third-order valence-corrected chi connectivity index (χ3v) is 7.29. The zero-order valence-electron chi connectivity index (χ0n) is 19.9. The molecular formula is C26H26N4O4S. The molecule has 0 radical (unpaired) electrons. The van der Waals surface area contributed by atoms with Gasteiger partial charge in [-0.2, -0.15) is 0 Å². The van der Waals surface area contributed by atoms with Crippen molar-refractivity contribution in [2.24, 2.45) is 0 Å². The molecule has 2 N–H and O–H groups in total. The van der Waals surface area contributed by atoms with E-state index in [1.807, 2.05) is 13.0 Å². The van der Waals surface area contributed by atoms with Crippen LogP contribution in [0.5, 0.6) is 0 Å². The molecule has 4 aromatic rings. The van der Waals surface area contributed by atoms with Gasteiger partial charge in [0.05, 0.1) is 15.8 Å². The number of benzene rings is 3. The van der Waals surface area contributed by atoms with Gasteiger partial charge in [-0.1, -0.05) is 30.3 Å².